The Morgan fingerprint density at radius 1 is 1.26 bits per heavy atom. The molecule has 0 saturated heterocycles. The van der Waals surface area contributed by atoms with Crippen molar-refractivity contribution in [3.05, 3.63) is 28.8 Å². The van der Waals surface area contributed by atoms with Gasteiger partial charge in [-0.25, -0.2) is 0 Å². The van der Waals surface area contributed by atoms with E-state index >= 15 is 0 Å². The van der Waals surface area contributed by atoms with Crippen molar-refractivity contribution in [2.75, 3.05) is 14.2 Å². The molecule has 6 heteroatoms. The molecule has 0 saturated carbocycles. The van der Waals surface area contributed by atoms with Crippen LogP contribution < -0.4 is 9.47 Å². The minimum atomic E-state index is 0.579. The molecule has 0 aliphatic rings. The number of methoxy groups -OCH3 is 2. The molecule has 2 rings (SSSR count). The van der Waals surface area contributed by atoms with Gasteiger partial charge in [-0.3, -0.25) is 9.67 Å². The lowest BCUT2D eigenvalue weighted by molar-refractivity contribution is 0.355. The van der Waals surface area contributed by atoms with Gasteiger partial charge in [0.15, 0.2) is 16.3 Å². The first-order valence-electron chi connectivity index (χ1n) is 6.10. The van der Waals surface area contributed by atoms with Gasteiger partial charge in [-0.05, 0) is 30.8 Å². The van der Waals surface area contributed by atoms with Crippen LogP contribution in [0.2, 0.25) is 0 Å². The van der Waals surface area contributed by atoms with Crippen LogP contribution in [0.4, 0.5) is 0 Å². The highest BCUT2D eigenvalue weighted by molar-refractivity contribution is 7.71. The third-order valence-corrected chi connectivity index (χ3v) is 3.11. The van der Waals surface area contributed by atoms with Crippen LogP contribution in [0, 0.1) is 4.77 Å². The molecule has 0 radical (unpaired) electrons. The quantitative estimate of drug-likeness (QED) is 0.855. The first-order chi connectivity index (χ1) is 9.21. The minimum Gasteiger partial charge on any atom is -0.493 e. The van der Waals surface area contributed by atoms with Gasteiger partial charge in [-0.15, -0.1) is 0 Å². The summed E-state index contributed by atoms with van der Waals surface area (Å²) >= 11 is 5.28. The van der Waals surface area contributed by atoms with Gasteiger partial charge in [0.2, 0.25) is 0 Å². The van der Waals surface area contributed by atoms with E-state index in [1.807, 2.05) is 22.8 Å². The molecule has 1 heterocycles. The van der Waals surface area contributed by atoms with E-state index in [-0.39, 0.29) is 0 Å². The zero-order chi connectivity index (χ0) is 13.8. The number of hydrogen-bond donors (Lipinski definition) is 1. The number of hydrogen-bond acceptors (Lipinski definition) is 4. The average Bonchev–Trinajstić information content (AvgIpc) is 2.79. The van der Waals surface area contributed by atoms with Crippen molar-refractivity contribution < 1.29 is 9.47 Å². The number of aromatic amines is 1. The molecule has 1 aromatic heterocycles. The van der Waals surface area contributed by atoms with Crippen molar-refractivity contribution in [3.8, 4) is 17.2 Å². The second kappa shape index (κ2) is 5.88. The van der Waals surface area contributed by atoms with Crippen LogP contribution in [0.15, 0.2) is 18.2 Å². The fourth-order valence-corrected chi connectivity index (χ4v) is 2.21. The number of aryl methyl sites for hydroxylation is 1. The summed E-state index contributed by atoms with van der Waals surface area (Å²) in [5.74, 6) is 2.28. The first-order valence-corrected chi connectivity index (χ1v) is 6.50. The first kappa shape index (κ1) is 13.6. The smallest absolute Gasteiger partial charge is 0.199 e. The lowest BCUT2D eigenvalue weighted by Crippen LogP contribution is -2.02. The Kier molecular flexibility index (Phi) is 4.21. The molecule has 0 aliphatic carbocycles. The molecule has 19 heavy (non-hydrogen) atoms. The SMILES string of the molecule is CCCc1n[nH]c(=S)n1-c1ccc(OC)c(OC)c1. The lowest BCUT2D eigenvalue weighted by Gasteiger charge is -2.11. The Bertz CT molecular complexity index is 619. The van der Waals surface area contributed by atoms with Gasteiger partial charge in [0.1, 0.15) is 5.82 Å². The van der Waals surface area contributed by atoms with Gasteiger partial charge in [-0.1, -0.05) is 6.92 Å². The predicted molar refractivity (Wildman–Crippen MR) is 75.8 cm³/mol. The molecule has 0 unspecified atom stereocenters. The number of benzene rings is 1. The summed E-state index contributed by atoms with van der Waals surface area (Å²) in [7, 11) is 3.23. The Balaban J connectivity index is 2.53. The van der Waals surface area contributed by atoms with Crippen molar-refractivity contribution >= 4 is 12.2 Å². The summed E-state index contributed by atoms with van der Waals surface area (Å²) in [5.41, 5.74) is 0.917. The summed E-state index contributed by atoms with van der Waals surface area (Å²) in [4.78, 5) is 0. The molecule has 1 aromatic carbocycles. The largest absolute Gasteiger partial charge is 0.493 e. The molecule has 0 aliphatic heterocycles. The van der Waals surface area contributed by atoms with Crippen LogP contribution >= 0.6 is 12.2 Å². The van der Waals surface area contributed by atoms with E-state index < -0.39 is 0 Å². The lowest BCUT2D eigenvalue weighted by atomic mass is 10.2. The van der Waals surface area contributed by atoms with Gasteiger partial charge < -0.3 is 9.47 Å². The highest BCUT2D eigenvalue weighted by atomic mass is 32.1. The number of nitrogens with one attached hydrogen (secondary N) is 1. The topological polar surface area (TPSA) is 52.1 Å². The molecule has 2 aromatic rings. The third-order valence-electron chi connectivity index (χ3n) is 2.84. The Labute approximate surface area is 117 Å². The van der Waals surface area contributed by atoms with Crippen LogP contribution in [0.3, 0.4) is 0 Å². The highest BCUT2D eigenvalue weighted by Crippen LogP contribution is 2.29. The highest BCUT2D eigenvalue weighted by Gasteiger charge is 2.10. The van der Waals surface area contributed by atoms with Crippen molar-refractivity contribution in [1.82, 2.24) is 14.8 Å². The third kappa shape index (κ3) is 2.63. The fraction of sp³-hybridized carbons (Fsp3) is 0.385. The summed E-state index contributed by atoms with van der Waals surface area (Å²) < 4.78 is 13.0. The van der Waals surface area contributed by atoms with Gasteiger partial charge in [-0.2, -0.15) is 5.10 Å². The van der Waals surface area contributed by atoms with Gasteiger partial charge >= 0.3 is 0 Å². The summed E-state index contributed by atoms with van der Waals surface area (Å²) in [6.45, 7) is 2.11. The molecular weight excluding hydrogens is 262 g/mol. The molecule has 0 amide bonds. The fourth-order valence-electron chi connectivity index (χ4n) is 1.95. The van der Waals surface area contributed by atoms with E-state index in [4.69, 9.17) is 21.7 Å². The van der Waals surface area contributed by atoms with E-state index in [1.165, 1.54) is 0 Å². The maximum Gasteiger partial charge on any atom is 0.199 e. The summed E-state index contributed by atoms with van der Waals surface area (Å²) in [6, 6.07) is 5.69. The van der Waals surface area contributed by atoms with E-state index in [1.54, 1.807) is 14.2 Å². The molecular formula is C13H17N3O2S. The van der Waals surface area contributed by atoms with Gasteiger partial charge in [0.25, 0.3) is 0 Å². The Morgan fingerprint density at radius 3 is 2.63 bits per heavy atom. The minimum absolute atomic E-state index is 0.579. The number of nitrogens with zero attached hydrogens (tertiary/aromatic N) is 2. The number of rotatable bonds is 5. The molecule has 0 atom stereocenters. The number of ether oxygens (including phenoxy) is 2. The standard InChI is InChI=1S/C13H17N3O2S/c1-4-5-12-14-15-13(19)16(12)9-6-7-10(17-2)11(8-9)18-3/h6-8H,4-5H2,1-3H3,(H,15,19). The van der Waals surface area contributed by atoms with Crippen LogP contribution in [-0.2, 0) is 6.42 Å². The predicted octanol–water partition coefficient (Wildman–Crippen LogP) is 2.90. The van der Waals surface area contributed by atoms with Gasteiger partial charge in [0.05, 0.1) is 19.9 Å². The van der Waals surface area contributed by atoms with Crippen LogP contribution in [0.1, 0.15) is 19.2 Å². The second-order valence-corrected chi connectivity index (χ2v) is 4.46. The van der Waals surface area contributed by atoms with Crippen molar-refractivity contribution in [1.29, 1.82) is 0 Å². The monoisotopic (exact) mass is 279 g/mol. The van der Waals surface area contributed by atoms with Gasteiger partial charge in [0, 0.05) is 12.5 Å². The molecule has 0 fully saturated rings. The van der Waals surface area contributed by atoms with Crippen LogP contribution in [-0.4, -0.2) is 29.0 Å². The zero-order valence-corrected chi connectivity index (χ0v) is 12.1. The molecule has 0 bridgehead atoms. The van der Waals surface area contributed by atoms with E-state index in [2.05, 4.69) is 17.1 Å². The van der Waals surface area contributed by atoms with Crippen LogP contribution in [0.5, 0.6) is 11.5 Å². The molecule has 0 spiro atoms. The van der Waals surface area contributed by atoms with E-state index in [9.17, 15) is 0 Å². The van der Waals surface area contributed by atoms with Crippen molar-refractivity contribution in [3.63, 3.8) is 0 Å². The maximum atomic E-state index is 5.31. The Hall–Kier alpha value is -1.82. The molecule has 1 N–H and O–H groups in total. The maximum absolute atomic E-state index is 5.31. The van der Waals surface area contributed by atoms with E-state index in [0.717, 1.165) is 24.4 Å². The zero-order valence-electron chi connectivity index (χ0n) is 11.3. The summed E-state index contributed by atoms with van der Waals surface area (Å²) in [5, 5.41) is 7.08. The normalized spacial score (nSPS) is 10.5. The molecule has 102 valence electrons. The van der Waals surface area contributed by atoms with E-state index in [0.29, 0.717) is 16.3 Å². The summed E-state index contributed by atoms with van der Waals surface area (Å²) in [6.07, 6.45) is 1.87. The number of H-pyrrole nitrogens is 1. The van der Waals surface area contributed by atoms with Crippen molar-refractivity contribution in [2.45, 2.75) is 19.8 Å². The Morgan fingerprint density at radius 2 is 2.00 bits per heavy atom. The average molecular weight is 279 g/mol. The molecule has 5 nitrogen and oxygen atoms in total. The van der Waals surface area contributed by atoms with Crippen molar-refractivity contribution in [2.24, 2.45) is 0 Å². The number of aromatic nitrogens is 3. The van der Waals surface area contributed by atoms with Crippen LogP contribution in [0.25, 0.3) is 5.69 Å². The second-order valence-electron chi connectivity index (χ2n) is 4.07.